The number of aliphatic hydroxyl groups excluding tert-OH is 1. The molecule has 1 atom stereocenters. The molecule has 0 saturated heterocycles. The lowest BCUT2D eigenvalue weighted by molar-refractivity contribution is -0.116. The van der Waals surface area contributed by atoms with Crippen LogP contribution in [0.15, 0.2) is 12.2 Å². The molecular weight excluding hydrogens is 142 g/mol. The van der Waals surface area contributed by atoms with E-state index >= 15 is 0 Å². The summed E-state index contributed by atoms with van der Waals surface area (Å²) in [5, 5.41) is 11.2. The van der Waals surface area contributed by atoms with E-state index in [1.807, 2.05) is 13.8 Å². The maximum atomic E-state index is 10.8. The zero-order valence-corrected chi connectivity index (χ0v) is 7.00. The Morgan fingerprint density at radius 1 is 1.73 bits per heavy atom. The molecule has 0 unspecified atom stereocenters. The molecular formula is C8H15NO2. The summed E-state index contributed by atoms with van der Waals surface area (Å²) in [7, 11) is 0. The quantitative estimate of drug-likeness (QED) is 0.577. The number of rotatable bonds is 4. The fourth-order valence-corrected chi connectivity index (χ4v) is 0.546. The first-order chi connectivity index (χ1) is 5.20. The average Bonchev–Trinajstić information content (AvgIpc) is 2.01. The van der Waals surface area contributed by atoms with Crippen molar-refractivity contribution in [3.05, 3.63) is 12.2 Å². The highest BCUT2D eigenvalue weighted by Crippen LogP contribution is 1.93. The highest BCUT2D eigenvalue weighted by Gasteiger charge is 1.94. The Hall–Kier alpha value is -0.830. The van der Waals surface area contributed by atoms with Crippen molar-refractivity contribution in [1.82, 2.24) is 5.32 Å². The fourth-order valence-electron chi connectivity index (χ4n) is 0.546. The molecule has 0 fully saturated rings. The van der Waals surface area contributed by atoms with E-state index in [1.165, 1.54) is 6.08 Å². The third-order valence-electron chi connectivity index (χ3n) is 1.22. The molecule has 0 rings (SSSR count). The number of carbonyl (C=O) groups excluding carboxylic acids is 1. The topological polar surface area (TPSA) is 49.3 Å². The number of hydrogen-bond donors (Lipinski definition) is 2. The summed E-state index contributed by atoms with van der Waals surface area (Å²) in [6, 6.07) is 0. The van der Waals surface area contributed by atoms with Crippen molar-refractivity contribution in [2.75, 3.05) is 13.2 Å². The van der Waals surface area contributed by atoms with Gasteiger partial charge >= 0.3 is 0 Å². The predicted octanol–water partition coefficient (Wildman–Crippen LogP) is 0.307. The van der Waals surface area contributed by atoms with Crippen molar-refractivity contribution in [2.24, 2.45) is 5.92 Å². The molecule has 0 aromatic rings. The van der Waals surface area contributed by atoms with Gasteiger partial charge in [0.2, 0.25) is 5.91 Å². The van der Waals surface area contributed by atoms with Crippen molar-refractivity contribution in [2.45, 2.75) is 13.8 Å². The van der Waals surface area contributed by atoms with Crippen molar-refractivity contribution in [1.29, 1.82) is 0 Å². The van der Waals surface area contributed by atoms with Crippen LogP contribution < -0.4 is 5.32 Å². The van der Waals surface area contributed by atoms with Gasteiger partial charge < -0.3 is 10.4 Å². The van der Waals surface area contributed by atoms with Gasteiger partial charge in [0, 0.05) is 13.2 Å². The highest BCUT2D eigenvalue weighted by molar-refractivity contribution is 5.87. The standard InChI is InChI=1S/C8H15NO2/c1-3-9-8(11)5-4-7(2)6-10/h4-5,7,10H,3,6H2,1-2H3,(H,9,11)/b5-4+/t7-/m1/s1. The van der Waals surface area contributed by atoms with E-state index in [1.54, 1.807) is 6.08 Å². The smallest absolute Gasteiger partial charge is 0.243 e. The van der Waals surface area contributed by atoms with Crippen LogP contribution in [0, 0.1) is 5.92 Å². The largest absolute Gasteiger partial charge is 0.396 e. The fraction of sp³-hybridized carbons (Fsp3) is 0.625. The zero-order valence-electron chi connectivity index (χ0n) is 7.00. The van der Waals surface area contributed by atoms with Gasteiger partial charge in [-0.05, 0) is 18.9 Å². The molecule has 0 saturated carbocycles. The summed E-state index contributed by atoms with van der Waals surface area (Å²) >= 11 is 0. The number of nitrogens with one attached hydrogen (secondary N) is 1. The molecule has 0 aliphatic carbocycles. The molecule has 0 aliphatic heterocycles. The molecule has 2 N–H and O–H groups in total. The normalized spacial score (nSPS) is 13.4. The first-order valence-electron chi connectivity index (χ1n) is 3.77. The van der Waals surface area contributed by atoms with E-state index in [-0.39, 0.29) is 18.4 Å². The summed E-state index contributed by atoms with van der Waals surface area (Å²) in [6.07, 6.45) is 3.13. The Morgan fingerprint density at radius 3 is 2.82 bits per heavy atom. The Morgan fingerprint density at radius 2 is 2.36 bits per heavy atom. The molecule has 3 heteroatoms. The molecule has 0 radical (unpaired) electrons. The van der Waals surface area contributed by atoms with Gasteiger partial charge in [0.05, 0.1) is 0 Å². The number of likely N-dealkylation sites (N-methyl/N-ethyl adjacent to an activating group) is 1. The second-order valence-electron chi connectivity index (χ2n) is 2.41. The highest BCUT2D eigenvalue weighted by atomic mass is 16.3. The first-order valence-corrected chi connectivity index (χ1v) is 3.77. The molecule has 0 aromatic carbocycles. The first kappa shape index (κ1) is 10.2. The number of amides is 1. The van der Waals surface area contributed by atoms with E-state index in [2.05, 4.69) is 5.32 Å². The van der Waals surface area contributed by atoms with E-state index in [4.69, 9.17) is 5.11 Å². The second-order valence-corrected chi connectivity index (χ2v) is 2.41. The van der Waals surface area contributed by atoms with Gasteiger partial charge in [-0.2, -0.15) is 0 Å². The van der Waals surface area contributed by atoms with Gasteiger partial charge in [0.15, 0.2) is 0 Å². The van der Waals surface area contributed by atoms with Crippen LogP contribution >= 0.6 is 0 Å². The van der Waals surface area contributed by atoms with Crippen LogP contribution in [-0.2, 0) is 4.79 Å². The maximum absolute atomic E-state index is 10.8. The van der Waals surface area contributed by atoms with E-state index in [0.29, 0.717) is 6.54 Å². The Bertz CT molecular complexity index is 143. The van der Waals surface area contributed by atoms with E-state index in [0.717, 1.165) is 0 Å². The van der Waals surface area contributed by atoms with Gasteiger partial charge in [0.25, 0.3) is 0 Å². The minimum Gasteiger partial charge on any atom is -0.396 e. The maximum Gasteiger partial charge on any atom is 0.243 e. The third kappa shape index (κ3) is 5.61. The Balaban J connectivity index is 3.63. The van der Waals surface area contributed by atoms with Crippen LogP contribution in [0.1, 0.15) is 13.8 Å². The van der Waals surface area contributed by atoms with Crippen LogP contribution in [-0.4, -0.2) is 24.2 Å². The van der Waals surface area contributed by atoms with Crippen molar-refractivity contribution in [3.8, 4) is 0 Å². The SMILES string of the molecule is CCNC(=O)/C=C/[C@@H](C)CO. The number of hydrogen-bond acceptors (Lipinski definition) is 2. The lowest BCUT2D eigenvalue weighted by Gasteiger charge is -1.98. The molecule has 0 bridgehead atoms. The molecule has 0 heterocycles. The molecule has 0 aliphatic rings. The third-order valence-corrected chi connectivity index (χ3v) is 1.22. The van der Waals surface area contributed by atoms with E-state index < -0.39 is 0 Å². The summed E-state index contributed by atoms with van der Waals surface area (Å²) < 4.78 is 0. The molecule has 11 heavy (non-hydrogen) atoms. The summed E-state index contributed by atoms with van der Waals surface area (Å²) in [5.41, 5.74) is 0. The summed E-state index contributed by atoms with van der Waals surface area (Å²) in [4.78, 5) is 10.8. The van der Waals surface area contributed by atoms with Gasteiger partial charge in [-0.1, -0.05) is 13.0 Å². The lowest BCUT2D eigenvalue weighted by Crippen LogP contribution is -2.20. The van der Waals surface area contributed by atoms with Crippen LogP contribution in [0.5, 0.6) is 0 Å². The van der Waals surface area contributed by atoms with Gasteiger partial charge in [-0.15, -0.1) is 0 Å². The lowest BCUT2D eigenvalue weighted by atomic mass is 10.2. The van der Waals surface area contributed by atoms with Crippen molar-refractivity contribution >= 4 is 5.91 Å². The molecule has 0 spiro atoms. The van der Waals surface area contributed by atoms with E-state index in [9.17, 15) is 4.79 Å². The van der Waals surface area contributed by atoms with Crippen LogP contribution in [0.25, 0.3) is 0 Å². The van der Waals surface area contributed by atoms with Crippen molar-refractivity contribution in [3.63, 3.8) is 0 Å². The van der Waals surface area contributed by atoms with Gasteiger partial charge in [-0.25, -0.2) is 0 Å². The molecule has 1 amide bonds. The van der Waals surface area contributed by atoms with Gasteiger partial charge in [0.1, 0.15) is 0 Å². The minimum atomic E-state index is -0.104. The van der Waals surface area contributed by atoms with Gasteiger partial charge in [-0.3, -0.25) is 4.79 Å². The predicted molar refractivity (Wildman–Crippen MR) is 44.1 cm³/mol. The minimum absolute atomic E-state index is 0.0533. The molecule has 64 valence electrons. The second kappa shape index (κ2) is 5.92. The monoisotopic (exact) mass is 157 g/mol. The summed E-state index contributed by atoms with van der Waals surface area (Å²) in [5.74, 6) is -0.0505. The summed E-state index contributed by atoms with van der Waals surface area (Å²) in [6.45, 7) is 4.42. The van der Waals surface area contributed by atoms with Crippen LogP contribution in [0.3, 0.4) is 0 Å². The Kier molecular flexibility index (Phi) is 5.47. The molecule has 0 aromatic heterocycles. The van der Waals surface area contributed by atoms with Crippen LogP contribution in [0.4, 0.5) is 0 Å². The zero-order chi connectivity index (χ0) is 8.69. The average molecular weight is 157 g/mol. The Labute approximate surface area is 67.1 Å². The molecule has 3 nitrogen and oxygen atoms in total. The number of carbonyl (C=O) groups is 1. The van der Waals surface area contributed by atoms with Crippen molar-refractivity contribution < 1.29 is 9.90 Å². The number of aliphatic hydroxyl groups is 1. The van der Waals surface area contributed by atoms with Crippen LogP contribution in [0.2, 0.25) is 0 Å².